The second-order valence-corrected chi connectivity index (χ2v) is 14.3. The van der Waals surface area contributed by atoms with Crippen molar-refractivity contribution in [3.05, 3.63) is 0 Å². The summed E-state index contributed by atoms with van der Waals surface area (Å²) < 4.78 is 0. The third kappa shape index (κ3) is 28.8. The van der Waals surface area contributed by atoms with Gasteiger partial charge in [-0.05, 0) is 19.0 Å². The standard InChI is InChI=1S/C25H53Cl2NSi/c26-29(27)25-23-21-19-17-15-13-11-9-7-5-3-1-2-4-6-8-10-12-14-16-18-20-22-24-28/h29H,1-25,28H2. The van der Waals surface area contributed by atoms with Crippen LogP contribution in [0.5, 0.6) is 0 Å². The lowest BCUT2D eigenvalue weighted by atomic mass is 10.0. The molecule has 2 N–H and O–H groups in total. The Balaban J connectivity index is 2.98. The molecule has 0 radical (unpaired) electrons. The summed E-state index contributed by atoms with van der Waals surface area (Å²) in [6.07, 6.45) is 32.6. The van der Waals surface area contributed by atoms with Gasteiger partial charge in [0.1, 0.15) is 0 Å². The summed E-state index contributed by atoms with van der Waals surface area (Å²) in [7, 11) is -1.33. The molecule has 0 aliphatic carbocycles. The summed E-state index contributed by atoms with van der Waals surface area (Å²) in [6.45, 7) is 0.869. The summed E-state index contributed by atoms with van der Waals surface area (Å²) in [6, 6.07) is 1.10. The van der Waals surface area contributed by atoms with Gasteiger partial charge in [-0.3, -0.25) is 0 Å². The van der Waals surface area contributed by atoms with E-state index in [1.807, 2.05) is 0 Å². The maximum Gasteiger partial charge on any atom is 0.237 e. The first-order chi connectivity index (χ1) is 14.3. The van der Waals surface area contributed by atoms with Crippen molar-refractivity contribution in [2.24, 2.45) is 5.73 Å². The van der Waals surface area contributed by atoms with E-state index in [2.05, 4.69) is 0 Å². The highest BCUT2D eigenvalue weighted by atomic mass is 35.7. The second kappa shape index (κ2) is 26.8. The van der Waals surface area contributed by atoms with Crippen LogP contribution in [-0.4, -0.2) is 14.0 Å². The van der Waals surface area contributed by atoms with Gasteiger partial charge in [-0.25, -0.2) is 0 Å². The fourth-order valence-corrected chi connectivity index (χ4v) is 5.68. The fraction of sp³-hybridized carbons (Fsp3) is 1.00. The quantitative estimate of drug-likeness (QED) is 0.0809. The van der Waals surface area contributed by atoms with Gasteiger partial charge in [0.15, 0.2) is 0 Å². The highest BCUT2D eigenvalue weighted by molar-refractivity contribution is 7.33. The summed E-state index contributed by atoms with van der Waals surface area (Å²) in [5.41, 5.74) is 5.52. The molecule has 4 heteroatoms. The number of nitrogens with two attached hydrogens (primary N) is 1. The summed E-state index contributed by atoms with van der Waals surface area (Å²) in [5, 5.41) is 0. The third-order valence-electron chi connectivity index (χ3n) is 6.13. The van der Waals surface area contributed by atoms with Crippen LogP contribution in [-0.2, 0) is 0 Å². The Morgan fingerprint density at radius 3 is 0.759 bits per heavy atom. The molecule has 0 saturated heterocycles. The van der Waals surface area contributed by atoms with E-state index in [-0.39, 0.29) is 0 Å². The van der Waals surface area contributed by atoms with Gasteiger partial charge in [0.05, 0.1) is 0 Å². The number of halogens is 2. The van der Waals surface area contributed by atoms with E-state index in [4.69, 9.17) is 27.9 Å². The van der Waals surface area contributed by atoms with Gasteiger partial charge < -0.3 is 5.73 Å². The molecule has 0 aliphatic heterocycles. The molecule has 0 aliphatic rings. The van der Waals surface area contributed by atoms with Crippen LogP contribution in [0.2, 0.25) is 6.04 Å². The first kappa shape index (κ1) is 29.8. The van der Waals surface area contributed by atoms with Crippen molar-refractivity contribution >= 4 is 29.6 Å². The number of unbranched alkanes of at least 4 members (excludes halogenated alkanes) is 22. The van der Waals surface area contributed by atoms with Crippen LogP contribution in [0.3, 0.4) is 0 Å². The molecule has 0 atom stereocenters. The zero-order valence-electron chi connectivity index (χ0n) is 19.6. The molecule has 0 aromatic carbocycles. The average molecular weight is 467 g/mol. The summed E-state index contributed by atoms with van der Waals surface area (Å²) in [5.74, 6) is 0. The van der Waals surface area contributed by atoms with Gasteiger partial charge in [-0.15, -0.1) is 0 Å². The van der Waals surface area contributed by atoms with Gasteiger partial charge in [-0.2, -0.15) is 22.2 Å². The fourth-order valence-electron chi connectivity index (χ4n) is 4.16. The third-order valence-corrected chi connectivity index (χ3v) is 8.28. The molecular weight excluding hydrogens is 413 g/mol. The highest BCUT2D eigenvalue weighted by Gasteiger charge is 2.00. The molecule has 29 heavy (non-hydrogen) atoms. The molecule has 0 heterocycles. The van der Waals surface area contributed by atoms with Crippen molar-refractivity contribution in [2.45, 2.75) is 154 Å². The smallest absolute Gasteiger partial charge is 0.237 e. The Hall–Kier alpha value is 0.757. The Morgan fingerprint density at radius 1 is 0.345 bits per heavy atom. The van der Waals surface area contributed by atoms with E-state index in [1.54, 1.807) is 0 Å². The molecule has 0 fully saturated rings. The van der Waals surface area contributed by atoms with Crippen molar-refractivity contribution in [1.82, 2.24) is 0 Å². The zero-order chi connectivity index (χ0) is 21.3. The van der Waals surface area contributed by atoms with E-state index >= 15 is 0 Å². The molecule has 0 aromatic rings. The van der Waals surface area contributed by atoms with Crippen LogP contribution in [0.25, 0.3) is 0 Å². The monoisotopic (exact) mass is 465 g/mol. The molecule has 1 nitrogen and oxygen atoms in total. The Morgan fingerprint density at radius 2 is 0.552 bits per heavy atom. The highest BCUT2D eigenvalue weighted by Crippen LogP contribution is 2.16. The molecule has 176 valence electrons. The number of hydrogen-bond donors (Lipinski definition) is 1. The largest absolute Gasteiger partial charge is 0.330 e. The lowest BCUT2D eigenvalue weighted by Crippen LogP contribution is -1.97. The van der Waals surface area contributed by atoms with E-state index < -0.39 is 7.42 Å². The maximum absolute atomic E-state index is 5.88. The number of hydrogen-bond acceptors (Lipinski definition) is 1. The lowest BCUT2D eigenvalue weighted by Gasteiger charge is -2.04. The van der Waals surface area contributed by atoms with Crippen LogP contribution in [0, 0.1) is 0 Å². The van der Waals surface area contributed by atoms with E-state index in [0.29, 0.717) is 0 Å². The molecule has 0 bridgehead atoms. The SMILES string of the molecule is NCCCCCCCCCCCCCCCCCCCCCCCCC[SiH](Cl)Cl. The van der Waals surface area contributed by atoms with Crippen LogP contribution >= 0.6 is 22.2 Å². The average Bonchev–Trinajstić information content (AvgIpc) is 2.71. The van der Waals surface area contributed by atoms with Gasteiger partial charge >= 0.3 is 0 Å². The normalized spacial score (nSPS) is 11.6. The van der Waals surface area contributed by atoms with Gasteiger partial charge in [0.25, 0.3) is 0 Å². The number of rotatable bonds is 25. The van der Waals surface area contributed by atoms with Crippen molar-refractivity contribution in [1.29, 1.82) is 0 Å². The first-order valence-electron chi connectivity index (χ1n) is 13.3. The second-order valence-electron chi connectivity index (χ2n) is 9.10. The topological polar surface area (TPSA) is 26.0 Å². The molecule has 0 saturated carbocycles. The summed E-state index contributed by atoms with van der Waals surface area (Å²) in [4.78, 5) is 0. The molecule has 0 aromatic heterocycles. The molecule has 0 unspecified atom stereocenters. The zero-order valence-corrected chi connectivity index (χ0v) is 22.3. The van der Waals surface area contributed by atoms with Crippen LogP contribution in [0.1, 0.15) is 148 Å². The van der Waals surface area contributed by atoms with E-state index in [9.17, 15) is 0 Å². The maximum atomic E-state index is 5.88. The Bertz CT molecular complexity index is 290. The van der Waals surface area contributed by atoms with Crippen LogP contribution in [0.15, 0.2) is 0 Å². The minimum absolute atomic E-state index is 0.869. The van der Waals surface area contributed by atoms with Gasteiger partial charge in [0.2, 0.25) is 7.42 Å². The lowest BCUT2D eigenvalue weighted by molar-refractivity contribution is 0.518. The Kier molecular flexibility index (Phi) is 27.5. The predicted octanol–water partition coefficient (Wildman–Crippen LogP) is 9.62. The first-order valence-corrected chi connectivity index (χ1v) is 17.6. The van der Waals surface area contributed by atoms with Crippen molar-refractivity contribution in [2.75, 3.05) is 6.54 Å². The van der Waals surface area contributed by atoms with Crippen molar-refractivity contribution in [3.63, 3.8) is 0 Å². The van der Waals surface area contributed by atoms with E-state index in [1.165, 1.54) is 148 Å². The Labute approximate surface area is 195 Å². The molecule has 0 spiro atoms. The molecule has 0 rings (SSSR count). The van der Waals surface area contributed by atoms with Gasteiger partial charge in [-0.1, -0.05) is 141 Å². The van der Waals surface area contributed by atoms with Crippen LogP contribution < -0.4 is 5.73 Å². The minimum Gasteiger partial charge on any atom is -0.330 e. The summed E-state index contributed by atoms with van der Waals surface area (Å²) >= 11 is 11.8. The van der Waals surface area contributed by atoms with Crippen LogP contribution in [0.4, 0.5) is 0 Å². The van der Waals surface area contributed by atoms with E-state index in [0.717, 1.165) is 12.6 Å². The minimum atomic E-state index is -1.33. The van der Waals surface area contributed by atoms with Gasteiger partial charge in [0, 0.05) is 0 Å². The molecule has 0 amide bonds. The van der Waals surface area contributed by atoms with Crippen molar-refractivity contribution < 1.29 is 0 Å². The predicted molar refractivity (Wildman–Crippen MR) is 139 cm³/mol. The molecular formula is C25H53Cl2NSi. The van der Waals surface area contributed by atoms with Crippen molar-refractivity contribution in [3.8, 4) is 0 Å².